The number of hydrogen-bond acceptors (Lipinski definition) is 2. The van der Waals surface area contributed by atoms with Crippen molar-refractivity contribution in [3.8, 4) is 0 Å². The number of urea groups is 1. The van der Waals surface area contributed by atoms with Gasteiger partial charge in [-0.2, -0.15) is 0 Å². The van der Waals surface area contributed by atoms with E-state index in [9.17, 15) is 9.59 Å². The number of carboxylic acid groups (broad SMARTS) is 1. The van der Waals surface area contributed by atoms with Crippen LogP contribution in [-0.4, -0.2) is 28.7 Å². The molecule has 0 radical (unpaired) electrons. The van der Waals surface area contributed by atoms with E-state index in [4.69, 9.17) is 5.11 Å². The molecular formula is C11H18N2O3. The van der Waals surface area contributed by atoms with Crippen molar-refractivity contribution >= 4 is 12.0 Å². The average Bonchev–Trinajstić information content (AvgIpc) is 2.17. The molecule has 0 fully saturated rings. The highest BCUT2D eigenvalue weighted by atomic mass is 16.4. The zero-order chi connectivity index (χ0) is 12.2. The minimum absolute atomic E-state index is 0.106. The fourth-order valence-corrected chi connectivity index (χ4v) is 1.48. The maximum atomic E-state index is 11.5. The predicted octanol–water partition coefficient (Wildman–Crippen LogP) is 1.26. The molecule has 0 aromatic heterocycles. The topological polar surface area (TPSA) is 78.4 Å². The Kier molecular flexibility index (Phi) is 3.93. The van der Waals surface area contributed by atoms with E-state index in [1.807, 2.05) is 6.08 Å². The molecule has 0 spiro atoms. The lowest BCUT2D eigenvalue weighted by atomic mass is 10.0. The molecule has 0 saturated heterocycles. The molecule has 0 bridgehead atoms. The van der Waals surface area contributed by atoms with Gasteiger partial charge in [-0.3, -0.25) is 0 Å². The summed E-state index contributed by atoms with van der Waals surface area (Å²) in [5.74, 6) is -1.05. The van der Waals surface area contributed by atoms with Crippen LogP contribution in [0.4, 0.5) is 4.79 Å². The summed E-state index contributed by atoms with van der Waals surface area (Å²) in [4.78, 5) is 22.3. The number of rotatable bonds is 3. The van der Waals surface area contributed by atoms with Crippen molar-refractivity contribution < 1.29 is 14.7 Å². The standard InChI is InChI=1S/C11H18N2O3/c1-11(2,9(14)15)13-10(16)12-8-6-4-3-5-7-8/h3-4,8H,5-7H2,1-2H3,(H,14,15)(H2,12,13,16). The Labute approximate surface area is 94.9 Å². The number of carboxylic acids is 1. The number of allylic oxidation sites excluding steroid dienone is 1. The summed E-state index contributed by atoms with van der Waals surface area (Å²) in [6.45, 7) is 2.91. The monoisotopic (exact) mass is 226 g/mol. The van der Waals surface area contributed by atoms with Gasteiger partial charge in [-0.05, 0) is 33.1 Å². The lowest BCUT2D eigenvalue weighted by Crippen LogP contribution is -2.54. The quantitative estimate of drug-likeness (QED) is 0.634. The van der Waals surface area contributed by atoms with E-state index in [0.717, 1.165) is 19.3 Å². The van der Waals surface area contributed by atoms with Gasteiger partial charge in [0.15, 0.2) is 0 Å². The molecule has 5 heteroatoms. The van der Waals surface area contributed by atoms with Crippen LogP contribution in [0, 0.1) is 0 Å². The van der Waals surface area contributed by atoms with E-state index in [0.29, 0.717) is 0 Å². The van der Waals surface area contributed by atoms with Crippen LogP contribution in [0.25, 0.3) is 0 Å². The summed E-state index contributed by atoms with van der Waals surface area (Å²) in [5, 5.41) is 14.0. The first-order valence-electron chi connectivity index (χ1n) is 5.39. The molecule has 3 N–H and O–H groups in total. The van der Waals surface area contributed by atoms with Crippen molar-refractivity contribution in [1.82, 2.24) is 10.6 Å². The van der Waals surface area contributed by atoms with E-state index in [-0.39, 0.29) is 6.04 Å². The molecule has 1 aliphatic carbocycles. The van der Waals surface area contributed by atoms with Crippen LogP contribution in [0.5, 0.6) is 0 Å². The van der Waals surface area contributed by atoms with E-state index >= 15 is 0 Å². The van der Waals surface area contributed by atoms with E-state index in [1.165, 1.54) is 13.8 Å². The summed E-state index contributed by atoms with van der Waals surface area (Å²) in [6.07, 6.45) is 6.76. The molecule has 0 aromatic carbocycles. The van der Waals surface area contributed by atoms with Gasteiger partial charge in [0, 0.05) is 6.04 Å². The molecule has 16 heavy (non-hydrogen) atoms. The van der Waals surface area contributed by atoms with Gasteiger partial charge in [-0.25, -0.2) is 9.59 Å². The largest absolute Gasteiger partial charge is 0.480 e. The van der Waals surface area contributed by atoms with Crippen LogP contribution < -0.4 is 10.6 Å². The van der Waals surface area contributed by atoms with Crippen LogP contribution in [0.2, 0.25) is 0 Å². The third-order valence-electron chi connectivity index (χ3n) is 2.56. The van der Waals surface area contributed by atoms with Gasteiger partial charge < -0.3 is 15.7 Å². The third-order valence-corrected chi connectivity index (χ3v) is 2.56. The van der Waals surface area contributed by atoms with Gasteiger partial charge in [0.25, 0.3) is 0 Å². The molecular weight excluding hydrogens is 208 g/mol. The van der Waals surface area contributed by atoms with Gasteiger partial charge in [0.05, 0.1) is 0 Å². The van der Waals surface area contributed by atoms with Crippen molar-refractivity contribution in [2.24, 2.45) is 0 Å². The number of carbonyl (C=O) groups is 2. The Bertz CT molecular complexity index is 310. The fourth-order valence-electron chi connectivity index (χ4n) is 1.48. The molecule has 1 atom stereocenters. The normalized spacial score (nSPS) is 20.2. The summed E-state index contributed by atoms with van der Waals surface area (Å²) >= 11 is 0. The number of carbonyl (C=O) groups excluding carboxylic acids is 1. The maximum Gasteiger partial charge on any atom is 0.328 e. The minimum Gasteiger partial charge on any atom is -0.480 e. The van der Waals surface area contributed by atoms with Gasteiger partial charge in [0.2, 0.25) is 0 Å². The van der Waals surface area contributed by atoms with Crippen molar-refractivity contribution in [3.05, 3.63) is 12.2 Å². The number of hydrogen-bond donors (Lipinski definition) is 3. The zero-order valence-corrected chi connectivity index (χ0v) is 9.62. The average molecular weight is 226 g/mol. The van der Waals surface area contributed by atoms with Crippen LogP contribution in [-0.2, 0) is 4.79 Å². The Balaban J connectivity index is 2.41. The molecule has 1 aliphatic rings. The second kappa shape index (κ2) is 5.01. The first-order chi connectivity index (χ1) is 7.42. The smallest absolute Gasteiger partial charge is 0.328 e. The highest BCUT2D eigenvalue weighted by Gasteiger charge is 2.29. The Morgan fingerprint density at radius 3 is 2.56 bits per heavy atom. The second-order valence-corrected chi connectivity index (χ2v) is 4.51. The molecule has 1 rings (SSSR count). The number of aliphatic carboxylic acids is 1. The van der Waals surface area contributed by atoms with Gasteiger partial charge in [-0.15, -0.1) is 0 Å². The van der Waals surface area contributed by atoms with Gasteiger partial charge in [0.1, 0.15) is 5.54 Å². The summed E-state index contributed by atoms with van der Waals surface area (Å²) in [6, 6.07) is -0.317. The molecule has 90 valence electrons. The van der Waals surface area contributed by atoms with Crippen molar-refractivity contribution in [1.29, 1.82) is 0 Å². The van der Waals surface area contributed by atoms with Crippen molar-refractivity contribution in [2.45, 2.75) is 44.7 Å². The third kappa shape index (κ3) is 3.56. The van der Waals surface area contributed by atoms with Gasteiger partial charge >= 0.3 is 12.0 Å². The fraction of sp³-hybridized carbons (Fsp3) is 0.636. The predicted molar refractivity (Wildman–Crippen MR) is 60.2 cm³/mol. The summed E-state index contributed by atoms with van der Waals surface area (Å²) < 4.78 is 0. The molecule has 0 aromatic rings. The van der Waals surface area contributed by atoms with Crippen LogP contribution >= 0.6 is 0 Å². The first-order valence-corrected chi connectivity index (χ1v) is 5.39. The van der Waals surface area contributed by atoms with E-state index in [2.05, 4.69) is 16.7 Å². The number of nitrogens with one attached hydrogen (secondary N) is 2. The molecule has 0 aliphatic heterocycles. The molecule has 0 saturated carbocycles. The van der Waals surface area contributed by atoms with Crippen molar-refractivity contribution in [2.75, 3.05) is 0 Å². The van der Waals surface area contributed by atoms with E-state index < -0.39 is 17.5 Å². The highest BCUT2D eigenvalue weighted by molar-refractivity contribution is 5.85. The second-order valence-electron chi connectivity index (χ2n) is 4.51. The SMILES string of the molecule is CC(C)(NC(=O)NC1CC=CCC1)C(=O)O. The molecule has 5 nitrogen and oxygen atoms in total. The Hall–Kier alpha value is -1.52. The molecule has 1 unspecified atom stereocenters. The van der Waals surface area contributed by atoms with Crippen LogP contribution in [0.15, 0.2) is 12.2 Å². The number of amides is 2. The maximum absolute atomic E-state index is 11.5. The summed E-state index contributed by atoms with van der Waals surface area (Å²) in [7, 11) is 0. The van der Waals surface area contributed by atoms with Crippen LogP contribution in [0.3, 0.4) is 0 Å². The minimum atomic E-state index is -1.24. The van der Waals surface area contributed by atoms with Gasteiger partial charge in [-0.1, -0.05) is 12.2 Å². The van der Waals surface area contributed by atoms with E-state index in [1.54, 1.807) is 0 Å². The zero-order valence-electron chi connectivity index (χ0n) is 9.62. The molecule has 2 amide bonds. The lowest BCUT2D eigenvalue weighted by molar-refractivity contribution is -0.142. The lowest BCUT2D eigenvalue weighted by Gasteiger charge is -2.25. The van der Waals surface area contributed by atoms with Crippen molar-refractivity contribution in [3.63, 3.8) is 0 Å². The molecule has 0 heterocycles. The first kappa shape index (κ1) is 12.5. The highest BCUT2D eigenvalue weighted by Crippen LogP contribution is 2.10. The Morgan fingerprint density at radius 2 is 2.06 bits per heavy atom. The Morgan fingerprint density at radius 1 is 1.38 bits per heavy atom. The van der Waals surface area contributed by atoms with Crippen LogP contribution in [0.1, 0.15) is 33.1 Å². The summed E-state index contributed by atoms with van der Waals surface area (Å²) in [5.41, 5.74) is -1.24.